The standard InChI is InChI=1S/C32H32N10O.2C2H6/c33-18-29-35-14-9-28(40-29)37-23-10-15-41(16-11-23)19-21-3-5-24(6-4-21)42-31(25-2-1-13-36-30(25)34)39-27-8-7-26(38-32(27)42)22-12-17-43-20-22;2*1-2/h1-9,13-14,22-23H,10-12,15-17,19-20H2,(H2,34,36)(H,35,37,40);2*1-2H3. The summed E-state index contributed by atoms with van der Waals surface area (Å²) in [6.45, 7) is 12.3. The predicted octanol–water partition coefficient (Wildman–Crippen LogP) is 6.36. The minimum atomic E-state index is 0.185. The molecule has 3 N–H and O–H groups in total. The van der Waals surface area contributed by atoms with E-state index in [2.05, 4.69) is 60.1 Å². The van der Waals surface area contributed by atoms with Crippen LogP contribution >= 0.6 is 0 Å². The van der Waals surface area contributed by atoms with Crippen LogP contribution in [-0.2, 0) is 11.3 Å². The third-order valence-electron chi connectivity index (χ3n) is 8.25. The van der Waals surface area contributed by atoms with Gasteiger partial charge in [0, 0.05) is 62.0 Å². The Morgan fingerprint density at radius 3 is 2.40 bits per heavy atom. The van der Waals surface area contributed by atoms with Crippen molar-refractivity contribution in [3.8, 4) is 23.1 Å². The maximum atomic E-state index is 9.06. The van der Waals surface area contributed by atoms with Gasteiger partial charge in [0.2, 0.25) is 5.82 Å². The van der Waals surface area contributed by atoms with Crippen LogP contribution < -0.4 is 11.1 Å². The third kappa shape index (κ3) is 7.73. The molecule has 47 heavy (non-hydrogen) atoms. The highest BCUT2D eigenvalue weighted by Crippen LogP contribution is 2.32. The second-order valence-electron chi connectivity index (χ2n) is 11.1. The van der Waals surface area contributed by atoms with Crippen LogP contribution in [0.3, 0.4) is 0 Å². The predicted molar refractivity (Wildman–Crippen MR) is 186 cm³/mol. The summed E-state index contributed by atoms with van der Waals surface area (Å²) in [7, 11) is 0. The van der Waals surface area contributed by atoms with Gasteiger partial charge in [0.1, 0.15) is 23.2 Å². The molecule has 0 amide bonds. The maximum Gasteiger partial charge on any atom is 0.234 e. The highest BCUT2D eigenvalue weighted by atomic mass is 16.5. The zero-order valence-electron chi connectivity index (χ0n) is 27.7. The van der Waals surface area contributed by atoms with Gasteiger partial charge < -0.3 is 15.8 Å². The number of hydrogen-bond donors (Lipinski definition) is 2. The summed E-state index contributed by atoms with van der Waals surface area (Å²) in [5, 5.41) is 12.5. The molecule has 7 rings (SSSR count). The van der Waals surface area contributed by atoms with Crippen molar-refractivity contribution in [3.05, 3.63) is 84.1 Å². The van der Waals surface area contributed by atoms with Gasteiger partial charge in [-0.3, -0.25) is 9.47 Å². The van der Waals surface area contributed by atoms with Crippen LogP contribution in [0.25, 0.3) is 28.2 Å². The van der Waals surface area contributed by atoms with Gasteiger partial charge in [-0.05, 0) is 67.3 Å². The van der Waals surface area contributed by atoms with Gasteiger partial charge in [-0.25, -0.2) is 24.9 Å². The Bertz CT molecular complexity index is 1780. The summed E-state index contributed by atoms with van der Waals surface area (Å²) < 4.78 is 7.73. The zero-order valence-corrected chi connectivity index (χ0v) is 27.7. The molecule has 1 unspecified atom stereocenters. The smallest absolute Gasteiger partial charge is 0.234 e. The average Bonchev–Trinajstić information content (AvgIpc) is 3.80. The van der Waals surface area contributed by atoms with Crippen LogP contribution in [0.4, 0.5) is 11.6 Å². The van der Waals surface area contributed by atoms with Crippen molar-refractivity contribution >= 4 is 22.8 Å². The number of likely N-dealkylation sites (tertiary alicyclic amines) is 1. The van der Waals surface area contributed by atoms with E-state index in [1.807, 2.05) is 58.0 Å². The van der Waals surface area contributed by atoms with Crippen LogP contribution in [0.15, 0.2) is 67.0 Å². The van der Waals surface area contributed by atoms with Gasteiger partial charge >= 0.3 is 0 Å². The molecule has 11 nitrogen and oxygen atoms in total. The number of nitriles is 1. The van der Waals surface area contributed by atoms with E-state index in [0.29, 0.717) is 24.3 Å². The van der Waals surface area contributed by atoms with Gasteiger partial charge in [0.05, 0.1) is 12.2 Å². The molecule has 1 aromatic carbocycles. The van der Waals surface area contributed by atoms with Crippen molar-refractivity contribution in [2.45, 2.75) is 65.5 Å². The molecule has 0 radical (unpaired) electrons. The number of nitrogen functional groups attached to an aromatic ring is 1. The largest absolute Gasteiger partial charge is 0.383 e. The highest BCUT2D eigenvalue weighted by molar-refractivity contribution is 5.83. The number of anilines is 2. The molecule has 2 saturated heterocycles. The fraction of sp³-hybridized carbons (Fsp3) is 0.389. The number of nitrogens with two attached hydrogens (primary N) is 1. The third-order valence-corrected chi connectivity index (χ3v) is 8.25. The van der Waals surface area contributed by atoms with Crippen LogP contribution in [0.1, 0.15) is 70.0 Å². The highest BCUT2D eigenvalue weighted by Gasteiger charge is 2.23. The molecule has 2 aliphatic heterocycles. The first-order chi connectivity index (χ1) is 23.1. The average molecular weight is 633 g/mol. The molecule has 0 bridgehead atoms. The Kier molecular flexibility index (Phi) is 11.4. The van der Waals surface area contributed by atoms with E-state index >= 15 is 0 Å². The molecule has 5 aromatic rings. The maximum absolute atomic E-state index is 9.06. The molecule has 1 atom stereocenters. The Morgan fingerprint density at radius 1 is 0.915 bits per heavy atom. The molecule has 2 fully saturated rings. The van der Waals surface area contributed by atoms with E-state index in [4.69, 9.17) is 25.7 Å². The van der Waals surface area contributed by atoms with Gasteiger partial charge in [0.15, 0.2) is 11.5 Å². The normalized spacial score (nSPS) is 16.4. The molecule has 244 valence electrons. The van der Waals surface area contributed by atoms with E-state index in [0.717, 1.165) is 79.4 Å². The first kappa shape index (κ1) is 33.4. The molecule has 0 spiro atoms. The topological polar surface area (TPSA) is 144 Å². The minimum absolute atomic E-state index is 0.185. The number of hydrogen-bond acceptors (Lipinski definition) is 10. The lowest BCUT2D eigenvalue weighted by molar-refractivity contribution is 0.193. The monoisotopic (exact) mass is 632 g/mol. The summed E-state index contributed by atoms with van der Waals surface area (Å²) in [6.07, 6.45) is 6.28. The molecule has 6 heterocycles. The zero-order chi connectivity index (χ0) is 33.2. The van der Waals surface area contributed by atoms with Gasteiger partial charge in [-0.2, -0.15) is 5.26 Å². The van der Waals surface area contributed by atoms with Crippen molar-refractivity contribution in [2.75, 3.05) is 37.4 Å². The van der Waals surface area contributed by atoms with E-state index in [9.17, 15) is 0 Å². The second-order valence-corrected chi connectivity index (χ2v) is 11.1. The number of pyridine rings is 2. The number of nitrogens with one attached hydrogen (secondary N) is 1. The summed E-state index contributed by atoms with van der Waals surface area (Å²) in [5.41, 5.74) is 11.9. The molecule has 4 aromatic heterocycles. The number of piperidine rings is 1. The van der Waals surface area contributed by atoms with Crippen molar-refractivity contribution in [1.82, 2.24) is 34.4 Å². The second kappa shape index (κ2) is 16.1. The Balaban J connectivity index is 0.00000105. The van der Waals surface area contributed by atoms with Gasteiger partial charge in [-0.15, -0.1) is 0 Å². The van der Waals surface area contributed by atoms with E-state index in [-0.39, 0.29) is 11.7 Å². The van der Waals surface area contributed by atoms with Gasteiger partial charge in [0.25, 0.3) is 0 Å². The molecule has 2 aliphatic rings. The lowest BCUT2D eigenvalue weighted by atomic mass is 10.0. The van der Waals surface area contributed by atoms with Crippen molar-refractivity contribution < 1.29 is 4.74 Å². The summed E-state index contributed by atoms with van der Waals surface area (Å²) >= 11 is 0. The molecule has 11 heteroatoms. The molecule has 0 aliphatic carbocycles. The van der Waals surface area contributed by atoms with Gasteiger partial charge in [-0.1, -0.05) is 39.8 Å². The number of fused-ring (bicyclic) bond motifs is 1. The van der Waals surface area contributed by atoms with Crippen LogP contribution in [-0.4, -0.2) is 66.7 Å². The Hall–Kier alpha value is -4.92. The number of ether oxygens (including phenoxy) is 1. The SMILES string of the molecule is CC.CC.N#Cc1nccc(NC2CCN(Cc3ccc(-n4c(-c5cccnc5N)nc5ccc(C6CCOC6)nc54)cc3)CC2)n1. The number of nitrogens with zero attached hydrogens (tertiary/aromatic N) is 8. The quantitative estimate of drug-likeness (QED) is 0.208. The van der Waals surface area contributed by atoms with Crippen molar-refractivity contribution in [3.63, 3.8) is 0 Å². The first-order valence-electron chi connectivity index (χ1n) is 16.6. The lowest BCUT2D eigenvalue weighted by Crippen LogP contribution is -2.38. The molecular weight excluding hydrogens is 588 g/mol. The first-order valence-corrected chi connectivity index (χ1v) is 16.6. The fourth-order valence-corrected chi connectivity index (χ4v) is 5.95. The Morgan fingerprint density at radius 2 is 1.70 bits per heavy atom. The van der Waals surface area contributed by atoms with E-state index in [1.54, 1.807) is 12.4 Å². The molecular formula is C36H44N10O. The summed E-state index contributed by atoms with van der Waals surface area (Å²) in [5.74, 6) is 2.34. The number of aromatic nitrogens is 6. The minimum Gasteiger partial charge on any atom is -0.383 e. The van der Waals surface area contributed by atoms with Crippen molar-refractivity contribution in [2.24, 2.45) is 0 Å². The van der Waals surface area contributed by atoms with E-state index < -0.39 is 0 Å². The molecule has 0 saturated carbocycles. The van der Waals surface area contributed by atoms with Crippen LogP contribution in [0, 0.1) is 11.3 Å². The van der Waals surface area contributed by atoms with Crippen LogP contribution in [0.2, 0.25) is 0 Å². The fourth-order valence-electron chi connectivity index (χ4n) is 5.95. The van der Waals surface area contributed by atoms with Crippen LogP contribution in [0.5, 0.6) is 0 Å². The van der Waals surface area contributed by atoms with E-state index in [1.165, 1.54) is 5.56 Å². The number of rotatable bonds is 7. The number of benzene rings is 1. The summed E-state index contributed by atoms with van der Waals surface area (Å²) in [6, 6.07) is 20.7. The summed E-state index contributed by atoms with van der Waals surface area (Å²) in [4.78, 5) is 25.0. The lowest BCUT2D eigenvalue weighted by Gasteiger charge is -2.32. The van der Waals surface area contributed by atoms with Crippen molar-refractivity contribution in [1.29, 1.82) is 5.26 Å². The number of imidazole rings is 1. The Labute approximate surface area is 276 Å².